The number of benzene rings is 7. The minimum Gasteiger partial charge on any atom is -0.0622 e. The zero-order valence-corrected chi connectivity index (χ0v) is 33.3. The van der Waals surface area contributed by atoms with Crippen molar-refractivity contribution >= 4 is 89.8 Å². The van der Waals surface area contributed by atoms with Gasteiger partial charge < -0.3 is 0 Å². The smallest absolute Gasteiger partial charge is 0.0134 e. The van der Waals surface area contributed by atoms with E-state index in [2.05, 4.69) is 226 Å². The molecule has 0 aliphatic rings. The Labute approximate surface area is 318 Å². The van der Waals surface area contributed by atoms with Crippen molar-refractivity contribution in [2.24, 2.45) is 0 Å². The van der Waals surface area contributed by atoms with Crippen LogP contribution in [-0.2, 0) is 15.6 Å². The Morgan fingerprint density at radius 1 is 0.319 bits per heavy atom. The van der Waals surface area contributed by atoms with Crippen LogP contribution in [0.4, 0.5) is 0 Å². The van der Waals surface area contributed by atoms with Gasteiger partial charge in [0, 0.05) is 0 Å². The summed E-state index contributed by atoms with van der Waals surface area (Å²) >= 11 is 6.98. The van der Waals surface area contributed by atoms with E-state index in [1.807, 2.05) is 43.8 Å². The second-order valence-corrected chi connectivity index (χ2v) is 15.6. The van der Waals surface area contributed by atoms with Crippen molar-refractivity contribution in [1.29, 1.82) is 0 Å². The maximum atomic E-state index is 2.93. The molecule has 0 unspecified atom stereocenters. The summed E-state index contributed by atoms with van der Waals surface area (Å²) < 4.78 is 1.26. The molecule has 0 bridgehead atoms. The summed E-state index contributed by atoms with van der Waals surface area (Å²) in [6.07, 6.45) is 0. The molecular weight excluding hydrogens is 927 g/mol. The third-order valence-electron chi connectivity index (χ3n) is 6.76. The molecule has 47 heavy (non-hydrogen) atoms. The van der Waals surface area contributed by atoms with E-state index in [9.17, 15) is 0 Å². The van der Waals surface area contributed by atoms with Crippen molar-refractivity contribution in [2.75, 3.05) is 0 Å². The first kappa shape index (κ1) is 37.3. The predicted octanol–water partition coefficient (Wildman–Crippen LogP) is 9.86. The second kappa shape index (κ2) is 22.2. The molecule has 0 saturated heterocycles. The summed E-state index contributed by atoms with van der Waals surface area (Å²) in [5.74, 6) is 0. The van der Waals surface area contributed by atoms with Crippen molar-refractivity contribution in [3.8, 4) is 0 Å². The maximum Gasteiger partial charge on any atom is -0.0134 e. The molecule has 0 aromatic heterocycles. The first-order valence-corrected chi connectivity index (χ1v) is 23.3. The molecule has 0 radical (unpaired) electrons. The second-order valence-electron chi connectivity index (χ2n) is 9.90. The molecule has 236 valence electrons. The Kier molecular flexibility index (Phi) is 17.6. The van der Waals surface area contributed by atoms with Gasteiger partial charge in [0.2, 0.25) is 0 Å². The largest absolute Gasteiger partial charge is 0.0622 e. The van der Waals surface area contributed by atoms with Crippen molar-refractivity contribution in [3.63, 3.8) is 0 Å². The van der Waals surface area contributed by atoms with Crippen LogP contribution in [0.15, 0.2) is 206 Å². The van der Waals surface area contributed by atoms with Crippen molar-refractivity contribution in [2.45, 2.75) is 0 Å². The molecule has 0 saturated carbocycles. The van der Waals surface area contributed by atoms with E-state index in [4.69, 9.17) is 0 Å². The fourth-order valence-electron chi connectivity index (χ4n) is 4.72. The summed E-state index contributed by atoms with van der Waals surface area (Å²) in [7, 11) is -0.892. The van der Waals surface area contributed by atoms with Crippen LogP contribution in [0.5, 0.6) is 0 Å². The van der Waals surface area contributed by atoms with Gasteiger partial charge in [-0.05, 0) is 47.7 Å². The van der Waals surface area contributed by atoms with Gasteiger partial charge in [-0.15, -0.1) is 0 Å². The predicted molar refractivity (Wildman–Crippen MR) is 222 cm³/mol. The minimum atomic E-state index is -0.446. The van der Waals surface area contributed by atoms with Gasteiger partial charge in [0.15, 0.2) is 0 Å². The monoisotopic (exact) mass is 960 g/mol. The fraction of sp³-hybridized carbons (Fsp3) is 0. The number of hydrogen-bond acceptors (Lipinski definition) is 0. The molecular formula is C42H34I2P2Pd. The van der Waals surface area contributed by atoms with E-state index >= 15 is 0 Å². The van der Waals surface area contributed by atoms with E-state index in [-0.39, 0.29) is 0 Å². The Bertz CT molecular complexity index is 1470. The molecule has 0 aliphatic heterocycles. The van der Waals surface area contributed by atoms with Crippen LogP contribution >= 0.6 is 57.9 Å². The zero-order valence-electron chi connectivity index (χ0n) is 25.6. The van der Waals surface area contributed by atoms with Crippen molar-refractivity contribution < 1.29 is 15.6 Å². The molecule has 0 fully saturated rings. The quantitative estimate of drug-likeness (QED) is 0.0675. The van der Waals surface area contributed by atoms with Crippen LogP contribution < -0.4 is 31.8 Å². The van der Waals surface area contributed by atoms with Gasteiger partial charge in [0.05, 0.1) is 0 Å². The normalized spacial score (nSPS) is 10.0. The third-order valence-corrected chi connectivity index (χ3v) is 12.4. The average Bonchev–Trinajstić information content (AvgIpc) is 3.16. The molecule has 0 aliphatic carbocycles. The standard InChI is InChI=1S/2C18H15P.C6H4I.HI.Pd/c2*1-4-10-16(11-5-1)19(17-12-6-2-7-13-17)18-14-8-3-9-15-18;7-6-4-2-1-3-5-6;;/h2*1-15H;2-5H;1H;/q;;-1;;+2/p-1. The summed E-state index contributed by atoms with van der Waals surface area (Å²) in [5.41, 5.74) is 0. The average molecular weight is 961 g/mol. The van der Waals surface area contributed by atoms with E-state index in [1.165, 1.54) is 35.4 Å². The molecule has 0 atom stereocenters. The van der Waals surface area contributed by atoms with E-state index in [1.54, 1.807) is 0 Å². The van der Waals surface area contributed by atoms with Gasteiger partial charge in [-0.25, -0.2) is 0 Å². The summed E-state index contributed by atoms with van der Waals surface area (Å²) in [4.78, 5) is 0. The van der Waals surface area contributed by atoms with Gasteiger partial charge in [0.1, 0.15) is 0 Å². The summed E-state index contributed by atoms with van der Waals surface area (Å²) in [5, 5.41) is 8.39. The summed E-state index contributed by atoms with van der Waals surface area (Å²) in [6.45, 7) is 0. The first-order valence-electron chi connectivity index (χ1n) is 14.9. The van der Waals surface area contributed by atoms with Gasteiger partial charge in [-0.1, -0.05) is 208 Å². The Morgan fingerprint density at radius 3 is 0.660 bits per heavy atom. The summed E-state index contributed by atoms with van der Waals surface area (Å²) in [6, 6.07) is 75.4. The minimum absolute atomic E-state index is 0.446. The van der Waals surface area contributed by atoms with Crippen LogP contribution in [0.2, 0.25) is 0 Å². The number of rotatable bonds is 6. The van der Waals surface area contributed by atoms with Crippen LogP contribution in [-0.4, -0.2) is 0 Å². The van der Waals surface area contributed by atoms with E-state index in [0.29, 0.717) is 0 Å². The van der Waals surface area contributed by atoms with Gasteiger partial charge in [-0.2, -0.15) is 30.3 Å². The molecule has 5 heteroatoms. The SMILES string of the molecule is Ic1cc[c-]cc1.[Pd+][I].c1ccc(P(c2ccccc2)c2ccccc2)cc1.c1ccc(P(c2ccccc2)c2ccccc2)cc1. The van der Waals surface area contributed by atoms with Gasteiger partial charge in [-0.3, -0.25) is 0 Å². The van der Waals surface area contributed by atoms with Gasteiger partial charge in [0.25, 0.3) is 0 Å². The third kappa shape index (κ3) is 12.5. The van der Waals surface area contributed by atoms with Crippen molar-refractivity contribution in [3.05, 3.63) is 216 Å². The van der Waals surface area contributed by atoms with Crippen LogP contribution in [0.1, 0.15) is 0 Å². The molecule has 7 aromatic rings. The zero-order chi connectivity index (χ0) is 32.9. The van der Waals surface area contributed by atoms with Crippen LogP contribution in [0.25, 0.3) is 0 Å². The first-order chi connectivity index (χ1) is 23.3. The maximum absolute atomic E-state index is 2.93. The van der Waals surface area contributed by atoms with E-state index < -0.39 is 15.8 Å². The Morgan fingerprint density at radius 2 is 0.511 bits per heavy atom. The van der Waals surface area contributed by atoms with Crippen LogP contribution in [0, 0.1) is 9.64 Å². The topological polar surface area (TPSA) is 0 Å². The molecule has 7 aromatic carbocycles. The van der Waals surface area contributed by atoms with Crippen LogP contribution in [0.3, 0.4) is 0 Å². The number of halogens is 2. The van der Waals surface area contributed by atoms with Crippen molar-refractivity contribution in [1.82, 2.24) is 0 Å². The molecule has 0 nitrogen and oxygen atoms in total. The Hall–Kier alpha value is -2.48. The number of hydrogen-bond donors (Lipinski definition) is 0. The van der Waals surface area contributed by atoms with Gasteiger partial charge >= 0.3 is 35.1 Å². The molecule has 0 amide bonds. The fourth-order valence-corrected chi connectivity index (χ4v) is 9.69. The Balaban J connectivity index is 0.000000170. The molecule has 0 N–H and O–H groups in total. The molecule has 7 rings (SSSR count). The van der Waals surface area contributed by atoms with E-state index in [0.717, 1.165) is 0 Å². The molecule has 0 spiro atoms. The molecule has 0 heterocycles.